The van der Waals surface area contributed by atoms with Crippen molar-refractivity contribution in [3.8, 4) is 5.75 Å². The Morgan fingerprint density at radius 2 is 2.12 bits per heavy atom. The summed E-state index contributed by atoms with van der Waals surface area (Å²) in [6.45, 7) is 3.62. The molecule has 1 atom stereocenters. The van der Waals surface area contributed by atoms with Crippen LogP contribution in [-0.2, 0) is 14.3 Å². The molecule has 7 nitrogen and oxygen atoms in total. The molecule has 1 aromatic rings. The Morgan fingerprint density at radius 3 is 2.79 bits per heavy atom. The molecule has 1 aliphatic carbocycles. The van der Waals surface area contributed by atoms with Gasteiger partial charge in [-0.1, -0.05) is 13.8 Å². The van der Waals surface area contributed by atoms with Gasteiger partial charge in [-0.25, -0.2) is 4.98 Å². The summed E-state index contributed by atoms with van der Waals surface area (Å²) < 4.78 is 11.2. The number of hydrogen-bond acceptors (Lipinski definition) is 6. The highest BCUT2D eigenvalue weighted by Crippen LogP contribution is 2.34. The second kappa shape index (κ2) is 6.67. The average molecular weight is 333 g/mol. The van der Waals surface area contributed by atoms with Crippen LogP contribution >= 0.6 is 0 Å². The van der Waals surface area contributed by atoms with Gasteiger partial charge >= 0.3 is 5.97 Å². The summed E-state index contributed by atoms with van der Waals surface area (Å²) in [7, 11) is 0. The van der Waals surface area contributed by atoms with Gasteiger partial charge in [0.1, 0.15) is 18.5 Å². The lowest BCUT2D eigenvalue weighted by Gasteiger charge is -2.34. The normalized spacial score (nSPS) is 20.9. The van der Waals surface area contributed by atoms with E-state index < -0.39 is 12.1 Å². The number of nitrogen functional groups attached to an aromatic ring is 1. The smallest absolute Gasteiger partial charge is 0.326 e. The van der Waals surface area contributed by atoms with Gasteiger partial charge in [0.05, 0.1) is 0 Å². The van der Waals surface area contributed by atoms with Gasteiger partial charge in [0.25, 0.3) is 5.91 Å². The molecular weight excluding hydrogens is 310 g/mol. The molecule has 0 bridgehead atoms. The summed E-state index contributed by atoms with van der Waals surface area (Å²) in [6, 6.07) is 3.29. The minimum absolute atomic E-state index is 0.0310. The van der Waals surface area contributed by atoms with E-state index in [1.54, 1.807) is 12.1 Å². The number of amides is 1. The van der Waals surface area contributed by atoms with Crippen LogP contribution in [0.2, 0.25) is 0 Å². The zero-order valence-corrected chi connectivity index (χ0v) is 14.0. The molecule has 2 N–H and O–H groups in total. The maximum Gasteiger partial charge on any atom is 0.326 e. The van der Waals surface area contributed by atoms with Crippen molar-refractivity contribution < 1.29 is 19.1 Å². The summed E-state index contributed by atoms with van der Waals surface area (Å²) >= 11 is 0. The summed E-state index contributed by atoms with van der Waals surface area (Å²) in [4.78, 5) is 30.5. The molecule has 1 amide bonds. The molecule has 0 radical (unpaired) electrons. The molecule has 1 aliphatic heterocycles. The Morgan fingerprint density at radius 1 is 1.42 bits per heavy atom. The van der Waals surface area contributed by atoms with Crippen molar-refractivity contribution in [1.82, 2.24) is 4.98 Å². The number of ether oxygens (including phenoxy) is 2. The molecule has 7 heteroatoms. The summed E-state index contributed by atoms with van der Waals surface area (Å²) in [6.07, 6.45) is 3.23. The van der Waals surface area contributed by atoms with Gasteiger partial charge in [0, 0.05) is 0 Å². The van der Waals surface area contributed by atoms with Crippen molar-refractivity contribution in [2.24, 2.45) is 5.92 Å². The van der Waals surface area contributed by atoms with Crippen LogP contribution in [0.4, 0.5) is 11.6 Å². The third-order valence-corrected chi connectivity index (χ3v) is 4.37. The predicted molar refractivity (Wildman–Crippen MR) is 88.6 cm³/mol. The predicted octanol–water partition coefficient (Wildman–Crippen LogP) is 1.90. The quantitative estimate of drug-likeness (QED) is 0.846. The lowest BCUT2D eigenvalue weighted by Crippen LogP contribution is -2.50. The van der Waals surface area contributed by atoms with E-state index in [2.05, 4.69) is 4.98 Å². The van der Waals surface area contributed by atoms with Crippen LogP contribution in [-0.4, -0.2) is 35.6 Å². The second-order valence-electron chi connectivity index (χ2n) is 6.66. The number of nitrogens with two attached hydrogens (primary N) is 1. The Hall–Kier alpha value is -2.31. The molecule has 1 fully saturated rings. The first-order valence-corrected chi connectivity index (χ1v) is 8.39. The molecule has 2 aliphatic rings. The number of esters is 1. The van der Waals surface area contributed by atoms with Crippen molar-refractivity contribution >= 4 is 23.5 Å². The molecule has 0 saturated heterocycles. The fraction of sp³-hybridized carbons (Fsp3) is 0.588. The van der Waals surface area contributed by atoms with Gasteiger partial charge in [-0.3, -0.25) is 14.5 Å². The summed E-state index contributed by atoms with van der Waals surface area (Å²) in [5.41, 5.74) is 5.73. The van der Waals surface area contributed by atoms with E-state index in [4.69, 9.17) is 15.2 Å². The summed E-state index contributed by atoms with van der Waals surface area (Å²) in [5.74, 6) is 0.254. The minimum atomic E-state index is -0.651. The van der Waals surface area contributed by atoms with Crippen LogP contribution in [0.25, 0.3) is 0 Å². The molecule has 24 heavy (non-hydrogen) atoms. The molecular formula is C17H23N3O4. The number of pyridine rings is 1. The first kappa shape index (κ1) is 16.5. The van der Waals surface area contributed by atoms with Gasteiger partial charge in [-0.05, 0) is 43.7 Å². The van der Waals surface area contributed by atoms with Gasteiger partial charge in [-0.15, -0.1) is 0 Å². The van der Waals surface area contributed by atoms with E-state index in [9.17, 15) is 9.59 Å². The van der Waals surface area contributed by atoms with Crippen LogP contribution < -0.4 is 15.4 Å². The van der Waals surface area contributed by atoms with Crippen molar-refractivity contribution in [3.05, 3.63) is 12.1 Å². The number of nitrogens with zero attached hydrogens (tertiary/aromatic N) is 2. The number of anilines is 2. The average Bonchev–Trinajstić information content (AvgIpc) is 3.02. The molecule has 1 saturated carbocycles. The molecule has 0 spiro atoms. The topological polar surface area (TPSA) is 94.8 Å². The first-order valence-electron chi connectivity index (χ1n) is 8.39. The van der Waals surface area contributed by atoms with Gasteiger partial charge in [-0.2, -0.15) is 0 Å². The van der Waals surface area contributed by atoms with E-state index in [0.717, 1.165) is 25.7 Å². The lowest BCUT2D eigenvalue weighted by molar-refractivity contribution is -0.148. The maximum absolute atomic E-state index is 12.7. The van der Waals surface area contributed by atoms with E-state index in [1.807, 2.05) is 13.8 Å². The molecule has 130 valence electrons. The Kier molecular flexibility index (Phi) is 4.59. The monoisotopic (exact) mass is 333 g/mol. The SMILES string of the molecule is CC(C)C1Oc2ccc(N)nc2N(CC(=O)OC2CCCC2)C1=O. The highest BCUT2D eigenvalue weighted by molar-refractivity contribution is 6.02. The van der Waals surface area contributed by atoms with E-state index in [0.29, 0.717) is 5.75 Å². The molecule has 0 aromatic carbocycles. The van der Waals surface area contributed by atoms with Gasteiger partial charge in [0.2, 0.25) is 0 Å². The van der Waals surface area contributed by atoms with Crippen LogP contribution in [0.5, 0.6) is 5.75 Å². The van der Waals surface area contributed by atoms with E-state index >= 15 is 0 Å². The number of fused-ring (bicyclic) bond motifs is 1. The molecule has 1 aromatic heterocycles. The van der Waals surface area contributed by atoms with Crippen molar-refractivity contribution in [1.29, 1.82) is 0 Å². The number of carbonyl (C=O) groups excluding carboxylic acids is 2. The van der Waals surface area contributed by atoms with Crippen LogP contribution in [0.1, 0.15) is 39.5 Å². The fourth-order valence-electron chi connectivity index (χ4n) is 3.11. The lowest BCUT2D eigenvalue weighted by atomic mass is 10.0. The number of hydrogen-bond donors (Lipinski definition) is 1. The van der Waals surface area contributed by atoms with Crippen LogP contribution in [0, 0.1) is 5.92 Å². The molecule has 1 unspecified atom stereocenters. The zero-order valence-electron chi connectivity index (χ0n) is 14.0. The largest absolute Gasteiger partial charge is 0.476 e. The van der Waals surface area contributed by atoms with Gasteiger partial charge in [0.15, 0.2) is 17.7 Å². The van der Waals surface area contributed by atoms with E-state index in [1.165, 1.54) is 4.90 Å². The number of carbonyl (C=O) groups is 2. The Balaban J connectivity index is 1.82. The van der Waals surface area contributed by atoms with Crippen molar-refractivity contribution in [3.63, 3.8) is 0 Å². The Bertz CT molecular complexity index is 641. The zero-order chi connectivity index (χ0) is 17.3. The van der Waals surface area contributed by atoms with Crippen LogP contribution in [0.3, 0.4) is 0 Å². The highest BCUT2D eigenvalue weighted by atomic mass is 16.5. The maximum atomic E-state index is 12.7. The number of rotatable bonds is 4. The number of aromatic nitrogens is 1. The Labute approximate surface area is 141 Å². The van der Waals surface area contributed by atoms with E-state index in [-0.39, 0.29) is 36.1 Å². The molecule has 2 heterocycles. The minimum Gasteiger partial charge on any atom is -0.476 e. The second-order valence-corrected chi connectivity index (χ2v) is 6.66. The summed E-state index contributed by atoms with van der Waals surface area (Å²) in [5, 5.41) is 0. The van der Waals surface area contributed by atoms with Gasteiger partial charge < -0.3 is 15.2 Å². The highest BCUT2D eigenvalue weighted by Gasteiger charge is 2.38. The third-order valence-electron chi connectivity index (χ3n) is 4.37. The van der Waals surface area contributed by atoms with Crippen molar-refractivity contribution in [2.75, 3.05) is 17.2 Å². The fourth-order valence-corrected chi connectivity index (χ4v) is 3.11. The molecule has 3 rings (SSSR count). The van der Waals surface area contributed by atoms with Crippen molar-refractivity contribution in [2.45, 2.75) is 51.7 Å². The third kappa shape index (κ3) is 3.29. The van der Waals surface area contributed by atoms with Crippen LogP contribution in [0.15, 0.2) is 12.1 Å². The standard InChI is InChI=1S/C17H23N3O4/c1-10(2)15-17(22)20(9-14(21)23-11-5-3-4-6-11)16-12(24-15)7-8-13(18)19-16/h7-8,10-11,15H,3-6,9H2,1-2H3,(H2,18,19). The first-order chi connectivity index (χ1) is 11.5.